The van der Waals surface area contributed by atoms with Crippen LogP contribution in [0.4, 0.5) is 39.8 Å². The average Bonchev–Trinajstić information content (AvgIpc) is 1.67. The molecule has 15 aromatic rings. The lowest BCUT2D eigenvalue weighted by Crippen LogP contribution is -2.20. The highest BCUT2D eigenvalue weighted by molar-refractivity contribution is 6.10. The van der Waals surface area contributed by atoms with Crippen LogP contribution in [0.15, 0.2) is 183 Å². The zero-order valence-corrected chi connectivity index (χ0v) is 84.5. The summed E-state index contributed by atoms with van der Waals surface area (Å²) in [5.74, 6) is -1.03. The number of carbonyl (C=O) groups is 10. The van der Waals surface area contributed by atoms with E-state index in [1.165, 1.54) is 28.0 Å². The van der Waals surface area contributed by atoms with Crippen molar-refractivity contribution in [1.82, 2.24) is 79.2 Å². The first-order valence-electron chi connectivity index (χ1n) is 46.9. The van der Waals surface area contributed by atoms with Crippen molar-refractivity contribution in [3.8, 4) is 5.75 Å². The summed E-state index contributed by atoms with van der Waals surface area (Å²) < 4.78 is 41.7. The Bertz CT molecular complexity index is 7060. The summed E-state index contributed by atoms with van der Waals surface area (Å²) in [6.07, 6.45) is 12.6. The van der Waals surface area contributed by atoms with Crippen LogP contribution in [0.3, 0.4) is 0 Å². The number of imidazole rings is 1. The van der Waals surface area contributed by atoms with E-state index in [-0.39, 0.29) is 84.5 Å². The number of aromatic amines is 4. The molecule has 0 saturated heterocycles. The van der Waals surface area contributed by atoms with Crippen molar-refractivity contribution in [1.29, 1.82) is 0 Å². The largest absolute Gasteiger partial charge is 0.491 e. The van der Waals surface area contributed by atoms with Crippen LogP contribution in [0.1, 0.15) is 208 Å². The van der Waals surface area contributed by atoms with Gasteiger partial charge in [-0.05, 0) is 127 Å². The fourth-order valence-electron chi connectivity index (χ4n) is 13.6. The zero-order valence-electron chi connectivity index (χ0n) is 84.5. The Hall–Kier alpha value is -15.8. The van der Waals surface area contributed by atoms with Crippen molar-refractivity contribution in [2.45, 2.75) is 117 Å². The maximum absolute atomic E-state index is 12.6. The molecule has 0 saturated carbocycles. The predicted octanol–water partition coefficient (Wildman–Crippen LogP) is 14.4. The lowest BCUT2D eigenvalue weighted by Gasteiger charge is -2.14. The van der Waals surface area contributed by atoms with Crippen LogP contribution in [0.2, 0.25) is 0 Å². The van der Waals surface area contributed by atoms with Crippen LogP contribution in [-0.2, 0) is 41.5 Å². The number of pyridine rings is 5. The molecule has 0 spiro atoms. The van der Waals surface area contributed by atoms with E-state index >= 15 is 0 Å². The first kappa shape index (κ1) is 111. The van der Waals surface area contributed by atoms with Crippen LogP contribution in [-0.4, -0.2) is 248 Å². The molecule has 5 amide bonds. The van der Waals surface area contributed by atoms with Crippen LogP contribution in [0.5, 0.6) is 5.75 Å². The second-order valence-corrected chi connectivity index (χ2v) is 38.7. The summed E-state index contributed by atoms with van der Waals surface area (Å²) in [4.78, 5) is 158. The molecule has 3 aromatic carbocycles. The summed E-state index contributed by atoms with van der Waals surface area (Å²) >= 11 is 0. The van der Waals surface area contributed by atoms with Crippen LogP contribution < -0.4 is 42.8 Å². The third-order valence-corrected chi connectivity index (χ3v) is 21.3. The molecule has 0 bridgehead atoms. The van der Waals surface area contributed by atoms with Gasteiger partial charge in [0.15, 0.2) is 40.3 Å². The van der Waals surface area contributed by atoms with Crippen LogP contribution in [0.25, 0.3) is 49.8 Å². The number of benzene rings is 3. The summed E-state index contributed by atoms with van der Waals surface area (Å²) in [6.45, 7) is 33.7. The molecule has 0 aliphatic rings. The quantitative estimate of drug-likeness (QED) is 0.00971. The smallest absolute Gasteiger partial charge is 0.277 e. The molecule has 42 heteroatoms. The summed E-state index contributed by atoms with van der Waals surface area (Å²) in [5, 5.41) is 49.8. The number of ether oxygens (including phenoxy) is 7. The lowest BCUT2D eigenvalue weighted by molar-refractivity contribution is 0.00244. The lowest BCUT2D eigenvalue weighted by atomic mass is 9.89. The van der Waals surface area contributed by atoms with E-state index in [2.05, 4.69) is 92.1 Å². The number of carbonyl (C=O) groups excluding carboxylic acids is 10. The highest BCUT2D eigenvalue weighted by Gasteiger charge is 2.31. The van der Waals surface area contributed by atoms with Gasteiger partial charge in [-0.25, -0.2) is 34.3 Å². The van der Waals surface area contributed by atoms with Crippen molar-refractivity contribution in [2.24, 2.45) is 27.1 Å². The molecule has 0 radical (unpaired) electrons. The van der Waals surface area contributed by atoms with Gasteiger partial charge in [0, 0.05) is 96.2 Å². The number of nitrogen functional groups attached to an aromatic ring is 2. The Labute approximate surface area is 841 Å². The molecule has 15 N–H and O–H groups in total. The van der Waals surface area contributed by atoms with Crippen LogP contribution in [0, 0.1) is 27.1 Å². The van der Waals surface area contributed by atoms with Crippen LogP contribution >= 0.6 is 0 Å². The third kappa shape index (κ3) is 32.3. The molecule has 770 valence electrons. The molecule has 0 fully saturated rings. The number of nitrogens with two attached hydrogens (primary N) is 2. The molecule has 42 nitrogen and oxygen atoms in total. The molecule has 15 rings (SSSR count). The second kappa shape index (κ2) is 50.4. The summed E-state index contributed by atoms with van der Waals surface area (Å²) in [6, 6.07) is 37.7. The number of amides is 5. The molecule has 12 aromatic heterocycles. The van der Waals surface area contributed by atoms with Crippen molar-refractivity contribution in [3.05, 3.63) is 240 Å². The van der Waals surface area contributed by atoms with Crippen molar-refractivity contribution >= 4 is 148 Å². The number of nitrogens with zero attached hydrogens (tertiary/aromatic N) is 12. The zero-order chi connectivity index (χ0) is 106. The van der Waals surface area contributed by atoms with E-state index in [0.717, 1.165) is 21.5 Å². The first-order valence-corrected chi connectivity index (χ1v) is 46.9. The van der Waals surface area contributed by atoms with E-state index in [1.54, 1.807) is 176 Å². The molecule has 12 heterocycles. The predicted molar refractivity (Wildman–Crippen MR) is 552 cm³/mol. The number of anilines is 7. The van der Waals surface area contributed by atoms with Gasteiger partial charge in [0.25, 0.3) is 29.5 Å². The minimum Gasteiger partial charge on any atom is -0.491 e. The van der Waals surface area contributed by atoms with Gasteiger partial charge < -0.3 is 106 Å². The molecule has 146 heavy (non-hydrogen) atoms. The highest BCUT2D eigenvalue weighted by Crippen LogP contribution is 2.32. The van der Waals surface area contributed by atoms with Crippen molar-refractivity contribution < 1.29 is 91.3 Å². The number of methoxy groups -OCH3 is 1. The number of Topliss-reactive ketones (excluding diaryl/α,β-unsaturated/α-hetero) is 5. The molecular weight excluding hydrogens is 1880 g/mol. The van der Waals surface area contributed by atoms with E-state index in [4.69, 9.17) is 54.8 Å². The fraction of sp³-hybridized carbons (Fsp3) is 0.356. The van der Waals surface area contributed by atoms with Gasteiger partial charge in [0.05, 0.1) is 187 Å². The van der Waals surface area contributed by atoms with Gasteiger partial charge in [-0.15, -0.1) is 10.2 Å². The Kier molecular flexibility index (Phi) is 38.2. The third-order valence-electron chi connectivity index (χ3n) is 21.3. The number of rotatable bonds is 38. The highest BCUT2D eigenvalue weighted by atomic mass is 16.6. The number of hydrogen-bond donors (Lipinski definition) is 13. The van der Waals surface area contributed by atoms with Gasteiger partial charge in [-0.3, -0.25) is 47.9 Å². The Morgan fingerprint density at radius 1 is 0.342 bits per heavy atom. The number of aliphatic hydroxyl groups is 2. The van der Waals surface area contributed by atoms with E-state index in [0.29, 0.717) is 198 Å². The maximum Gasteiger partial charge on any atom is 0.277 e. The normalized spacial score (nSPS) is 11.6. The molecule has 0 atom stereocenters. The minimum absolute atomic E-state index is 0.00152. The van der Waals surface area contributed by atoms with Gasteiger partial charge in [0.1, 0.15) is 46.3 Å². The fourth-order valence-corrected chi connectivity index (χ4v) is 13.6. The number of fused-ring (bicyclic) bond motifs is 5. The van der Waals surface area contributed by atoms with E-state index in [1.807, 2.05) is 104 Å². The SMILES string of the molecule is CC(C)(C)C(=O)c1cc2cc(NC(=O)c3ccc(OCCOCCO)cc3)cnc2[nH]1.CC(C)(C)C(=O)c1cc2cc(NC(=O)c3cccc(N)c3)cnc2[nH]1.CC(C)(C)C(=O)c1cc2cc(NC(=O)c3cn(CCOCCO)nn3)cnc2[nH]1.CC(C)(C)C(=O)c1cn2cc(NC(=O)c3ccc(N)cc3)ccc2n1.COCCOCCOCCOCCn1cc(C(=O)Nc2cnc3[nH]c(C(=O)C(C)(C)C)cc3c2)nn1. The Balaban J connectivity index is 0.000000175. The summed E-state index contributed by atoms with van der Waals surface area (Å²) in [5.41, 5.74) is 19.8. The minimum atomic E-state index is -0.512. The number of hydrogen-bond acceptors (Lipinski definition) is 30. The average molecular weight is 2000 g/mol. The molecular formula is C104H125N23O19. The molecule has 0 aliphatic carbocycles. The standard InChI is InChI=1S/C24H34N6O6.C23H27N3O5.C19H24N6O4.2C19H20N4O2/c1-24(2,3)21(31)19-14-17-13-18(15-25-22(17)27-19)26-23(32)20-16-30(29-28-20)5-6-34-9-10-36-12-11-35-8-7-33-4;1-23(2,3)20(28)19-13-16-12-17(14-24-21(16)26-19)25-22(29)15-4-6-18(7-5-15)31-11-10-30-9-8-27;1-19(2,3)16(27)14-9-12-8-13(10-20-17(12)22-14)21-18(28)15-11-25(24-23-15)4-6-29-7-5-26;1-19(2,3)17(24)15-11-23-10-14(8-9-16(23)22-15)21-18(25)12-4-6-13(20)7-5-12;1-19(2,3)16(24)15-9-12-8-14(10-21-17(12)23-15)22-18(25)11-5-4-6-13(20)7-11/h13-16H,5-12H2,1-4H3,(H,25,27)(H,26,32);4-7,12-14,27H,8-11H2,1-3H3,(H,24,26)(H,25,29);8-11,26H,4-7H2,1-3H3,(H,20,22)(H,21,28);4-11H,20H2,1-3H3,(H,21,25);4-10H,20H2,1-3H3,(H,21,23)(H,22,25). The maximum atomic E-state index is 12.6. The number of H-pyrrole nitrogens is 4. The van der Waals surface area contributed by atoms with Gasteiger partial charge in [-0.2, -0.15) is 0 Å². The Morgan fingerprint density at radius 3 is 1.08 bits per heavy atom. The number of aromatic nitrogens is 16. The Morgan fingerprint density at radius 2 is 0.692 bits per heavy atom. The number of aliphatic hydroxyl groups excluding tert-OH is 2. The van der Waals surface area contributed by atoms with Gasteiger partial charge in [-0.1, -0.05) is 120 Å². The first-order chi connectivity index (χ1) is 69.3. The van der Waals surface area contributed by atoms with Crippen molar-refractivity contribution in [3.63, 3.8) is 0 Å². The molecule has 0 aliphatic heterocycles. The topological polar surface area (TPSA) is 581 Å². The summed E-state index contributed by atoms with van der Waals surface area (Å²) in [7, 11) is 1.63. The molecule has 0 unspecified atom stereocenters. The van der Waals surface area contributed by atoms with E-state index in [9.17, 15) is 47.9 Å². The second-order valence-electron chi connectivity index (χ2n) is 38.7. The number of ketones is 5. The van der Waals surface area contributed by atoms with Gasteiger partial charge in [0.2, 0.25) is 0 Å². The van der Waals surface area contributed by atoms with Crippen molar-refractivity contribution in [2.75, 3.05) is 138 Å². The monoisotopic (exact) mass is 2000 g/mol. The number of nitrogens with one attached hydrogen (secondary N) is 9. The van der Waals surface area contributed by atoms with Gasteiger partial charge >= 0.3 is 0 Å². The van der Waals surface area contributed by atoms with E-state index < -0.39 is 38.9 Å².